The van der Waals surface area contributed by atoms with E-state index in [4.69, 9.17) is 0 Å². The van der Waals surface area contributed by atoms with Gasteiger partial charge in [-0.3, -0.25) is 24.8 Å². The number of nitrogens with zero attached hydrogens (tertiary/aromatic N) is 4. The van der Waals surface area contributed by atoms with E-state index in [0.717, 1.165) is 11.4 Å². The van der Waals surface area contributed by atoms with Crippen molar-refractivity contribution in [1.82, 2.24) is 24.8 Å². The zero-order valence-electron chi connectivity index (χ0n) is 12.6. The molecule has 23 heavy (non-hydrogen) atoms. The number of rotatable bonds is 3. The Morgan fingerprint density at radius 3 is 2.65 bits per heavy atom. The largest absolute Gasteiger partial charge is 0.276 e. The molecule has 8 nitrogen and oxygen atoms in total. The predicted molar refractivity (Wildman–Crippen MR) is 84.1 cm³/mol. The number of carbonyl (C=O) groups is 1. The lowest BCUT2D eigenvalue weighted by atomic mass is 10.3. The number of hydrogen-bond acceptors (Lipinski definition) is 6. The highest BCUT2D eigenvalue weighted by molar-refractivity contribution is 5.94. The molecule has 0 fully saturated rings. The molecule has 0 unspecified atom stereocenters. The van der Waals surface area contributed by atoms with Crippen LogP contribution in [0.5, 0.6) is 0 Å². The van der Waals surface area contributed by atoms with Gasteiger partial charge in [-0.2, -0.15) is 0 Å². The summed E-state index contributed by atoms with van der Waals surface area (Å²) in [6, 6.07) is 6.96. The van der Waals surface area contributed by atoms with Crippen LogP contribution in [0.1, 0.15) is 21.7 Å². The number of pyridine rings is 1. The first kappa shape index (κ1) is 14.6. The second-order valence-corrected chi connectivity index (χ2v) is 4.96. The first-order chi connectivity index (χ1) is 11.0. The Morgan fingerprint density at radius 2 is 1.91 bits per heavy atom. The van der Waals surface area contributed by atoms with Crippen LogP contribution in [-0.4, -0.2) is 25.3 Å². The molecule has 1 amide bonds. The van der Waals surface area contributed by atoms with Crippen molar-refractivity contribution in [2.45, 2.75) is 13.8 Å². The Kier molecular flexibility index (Phi) is 3.71. The molecule has 0 aliphatic rings. The smallest absolute Gasteiger partial charge is 0.268 e. The van der Waals surface area contributed by atoms with Crippen LogP contribution < -0.4 is 16.4 Å². The minimum Gasteiger partial charge on any atom is -0.268 e. The number of aromatic nitrogens is 4. The summed E-state index contributed by atoms with van der Waals surface area (Å²) in [5.41, 5.74) is 6.49. The lowest BCUT2D eigenvalue weighted by Gasteiger charge is -2.08. The monoisotopic (exact) mass is 310 g/mol. The summed E-state index contributed by atoms with van der Waals surface area (Å²) < 4.78 is 1.31. The van der Waals surface area contributed by atoms with Gasteiger partial charge in [0.25, 0.3) is 11.5 Å². The van der Waals surface area contributed by atoms with Gasteiger partial charge >= 0.3 is 0 Å². The van der Waals surface area contributed by atoms with Gasteiger partial charge in [-0.1, -0.05) is 6.07 Å². The van der Waals surface area contributed by atoms with Gasteiger partial charge in [-0.25, -0.2) is 15.0 Å². The van der Waals surface area contributed by atoms with E-state index >= 15 is 0 Å². The molecule has 0 saturated heterocycles. The van der Waals surface area contributed by atoms with E-state index in [1.807, 2.05) is 19.9 Å². The first-order valence-corrected chi connectivity index (χ1v) is 6.89. The fraction of sp³-hybridized carbons (Fsp3) is 0.133. The highest BCUT2D eigenvalue weighted by atomic mass is 16.2. The molecule has 0 aliphatic heterocycles. The van der Waals surface area contributed by atoms with Crippen molar-refractivity contribution < 1.29 is 4.79 Å². The highest BCUT2D eigenvalue weighted by Crippen LogP contribution is 2.03. The van der Waals surface area contributed by atoms with E-state index in [2.05, 4.69) is 25.8 Å². The molecule has 3 rings (SSSR count). The van der Waals surface area contributed by atoms with Gasteiger partial charge in [0.2, 0.25) is 5.95 Å². The predicted octanol–water partition coefficient (Wildman–Crippen LogP) is 0.858. The van der Waals surface area contributed by atoms with Crippen LogP contribution in [0.4, 0.5) is 5.95 Å². The van der Waals surface area contributed by atoms with Crippen molar-refractivity contribution in [3.63, 3.8) is 0 Å². The maximum atomic E-state index is 12.3. The SMILES string of the molecule is Cc1cc(C)nc(NNC(=O)c2cnc3ccccn3c2=O)n1. The number of anilines is 1. The van der Waals surface area contributed by atoms with E-state index in [1.54, 1.807) is 24.4 Å². The number of carbonyl (C=O) groups excluding carboxylic acids is 1. The van der Waals surface area contributed by atoms with Gasteiger partial charge < -0.3 is 0 Å². The quantitative estimate of drug-likeness (QED) is 0.696. The van der Waals surface area contributed by atoms with Crippen molar-refractivity contribution in [2.24, 2.45) is 0 Å². The second kappa shape index (κ2) is 5.84. The van der Waals surface area contributed by atoms with Gasteiger partial charge in [-0.05, 0) is 32.0 Å². The molecule has 0 radical (unpaired) electrons. The number of nitrogens with one attached hydrogen (secondary N) is 2. The molecule has 0 bridgehead atoms. The second-order valence-electron chi connectivity index (χ2n) is 4.96. The third-order valence-electron chi connectivity index (χ3n) is 3.13. The van der Waals surface area contributed by atoms with Crippen molar-refractivity contribution in [2.75, 3.05) is 5.43 Å². The lowest BCUT2D eigenvalue weighted by molar-refractivity contribution is 0.0960. The zero-order valence-corrected chi connectivity index (χ0v) is 12.6. The third-order valence-corrected chi connectivity index (χ3v) is 3.13. The molecule has 0 saturated carbocycles. The van der Waals surface area contributed by atoms with Gasteiger partial charge in [0.1, 0.15) is 11.2 Å². The van der Waals surface area contributed by atoms with E-state index in [0.29, 0.717) is 5.65 Å². The third kappa shape index (κ3) is 3.00. The Morgan fingerprint density at radius 1 is 1.17 bits per heavy atom. The van der Waals surface area contributed by atoms with Crippen molar-refractivity contribution in [3.8, 4) is 0 Å². The summed E-state index contributed by atoms with van der Waals surface area (Å²) in [6.07, 6.45) is 2.80. The summed E-state index contributed by atoms with van der Waals surface area (Å²) in [5.74, 6) is -0.354. The van der Waals surface area contributed by atoms with Crippen LogP contribution in [0.15, 0.2) is 41.5 Å². The average Bonchev–Trinajstić information content (AvgIpc) is 2.52. The molecular formula is C15H14N6O2. The summed E-state index contributed by atoms with van der Waals surface area (Å²) >= 11 is 0. The minimum atomic E-state index is -0.608. The van der Waals surface area contributed by atoms with E-state index in [1.165, 1.54) is 10.6 Å². The average molecular weight is 310 g/mol. The maximum Gasteiger partial charge on any atom is 0.276 e. The molecule has 0 aliphatic carbocycles. The molecule has 0 atom stereocenters. The first-order valence-electron chi connectivity index (χ1n) is 6.89. The minimum absolute atomic E-state index is 0.0782. The zero-order chi connectivity index (χ0) is 16.4. The molecule has 0 aromatic carbocycles. The summed E-state index contributed by atoms with van der Waals surface area (Å²) in [5, 5.41) is 0. The lowest BCUT2D eigenvalue weighted by Crippen LogP contribution is -2.35. The normalized spacial score (nSPS) is 10.5. The standard InChI is InChI=1S/C15H14N6O2/c1-9-7-10(2)18-15(17-9)20-19-13(22)11-8-16-12-5-3-4-6-21(12)14(11)23/h3-8H,1-2H3,(H,19,22)(H,17,18,20). The van der Waals surface area contributed by atoms with Crippen LogP contribution in [0.3, 0.4) is 0 Å². The van der Waals surface area contributed by atoms with Gasteiger partial charge in [-0.15, -0.1) is 0 Å². The van der Waals surface area contributed by atoms with Crippen LogP contribution in [0, 0.1) is 13.8 Å². The molecule has 2 N–H and O–H groups in total. The number of hydrogen-bond donors (Lipinski definition) is 2. The van der Waals surface area contributed by atoms with Gasteiger partial charge in [0, 0.05) is 23.8 Å². The Balaban J connectivity index is 1.83. The number of aryl methyl sites for hydroxylation is 2. The van der Waals surface area contributed by atoms with Crippen molar-refractivity contribution in [1.29, 1.82) is 0 Å². The number of fused-ring (bicyclic) bond motifs is 1. The fourth-order valence-electron chi connectivity index (χ4n) is 2.14. The molecule has 3 aromatic heterocycles. The van der Waals surface area contributed by atoms with Crippen LogP contribution >= 0.6 is 0 Å². The fourth-order valence-corrected chi connectivity index (χ4v) is 2.14. The number of amides is 1. The molecule has 8 heteroatoms. The molecular weight excluding hydrogens is 296 g/mol. The van der Waals surface area contributed by atoms with Crippen LogP contribution in [-0.2, 0) is 0 Å². The van der Waals surface area contributed by atoms with Crippen molar-refractivity contribution in [3.05, 3.63) is 64.0 Å². The van der Waals surface area contributed by atoms with E-state index in [9.17, 15) is 9.59 Å². The molecule has 116 valence electrons. The maximum absolute atomic E-state index is 12.3. The van der Waals surface area contributed by atoms with Crippen LogP contribution in [0.2, 0.25) is 0 Å². The van der Waals surface area contributed by atoms with E-state index < -0.39 is 11.5 Å². The molecule has 3 heterocycles. The van der Waals surface area contributed by atoms with Crippen LogP contribution in [0.25, 0.3) is 5.65 Å². The Labute approximate surface area is 131 Å². The summed E-state index contributed by atoms with van der Waals surface area (Å²) in [7, 11) is 0. The van der Waals surface area contributed by atoms with Crippen molar-refractivity contribution >= 4 is 17.5 Å². The molecule has 3 aromatic rings. The van der Waals surface area contributed by atoms with E-state index in [-0.39, 0.29) is 11.5 Å². The Bertz CT molecular complexity index is 930. The topological polar surface area (TPSA) is 101 Å². The Hall–Kier alpha value is -3.29. The van der Waals surface area contributed by atoms with Gasteiger partial charge in [0.15, 0.2) is 0 Å². The summed E-state index contributed by atoms with van der Waals surface area (Å²) in [4.78, 5) is 36.8. The highest BCUT2D eigenvalue weighted by Gasteiger charge is 2.13. The summed E-state index contributed by atoms with van der Waals surface area (Å²) in [6.45, 7) is 3.64. The number of hydrazine groups is 1. The van der Waals surface area contributed by atoms with Gasteiger partial charge in [0.05, 0.1) is 0 Å². The molecule has 0 spiro atoms.